The minimum atomic E-state index is -4.66. The molecular weight excluding hydrogens is 864 g/mol. The number of carbonyl (C=O) groups excluding carboxylic acids is 1. The Morgan fingerprint density at radius 3 is 2.47 bits per heavy atom. The van der Waals surface area contributed by atoms with E-state index in [0.29, 0.717) is 48.4 Å². The maximum Gasteiger partial charge on any atom is 0.293 e. The third kappa shape index (κ3) is 8.77. The van der Waals surface area contributed by atoms with Crippen molar-refractivity contribution in [3.8, 4) is 17.0 Å². The zero-order valence-electron chi connectivity index (χ0n) is 36.5. The number of rotatable bonds is 12. The number of hydrogen-bond donors (Lipinski definition) is 3. The van der Waals surface area contributed by atoms with E-state index in [1.54, 1.807) is 18.3 Å². The van der Waals surface area contributed by atoms with Crippen LogP contribution in [0.4, 0.5) is 32.8 Å². The summed E-state index contributed by atoms with van der Waals surface area (Å²) < 4.78 is 56.8. The summed E-state index contributed by atoms with van der Waals surface area (Å²) in [5.74, 6) is 0.0448. The van der Waals surface area contributed by atoms with E-state index in [1.165, 1.54) is 30.0 Å². The number of nitro benzene ring substituents is 1. The number of aromatic amines is 1. The summed E-state index contributed by atoms with van der Waals surface area (Å²) in [6, 6.07) is 29.8. The van der Waals surface area contributed by atoms with Crippen LogP contribution in [-0.2, 0) is 14.8 Å². The number of nitrogens with zero attached hydrogens (tertiary/aromatic N) is 5. The van der Waals surface area contributed by atoms with E-state index in [0.717, 1.165) is 54.0 Å². The molecule has 3 aliphatic heterocycles. The lowest BCUT2D eigenvalue weighted by atomic mass is 9.93. The van der Waals surface area contributed by atoms with Crippen LogP contribution in [0.25, 0.3) is 22.2 Å². The number of alkyl halides is 1. The number of benzene rings is 4. The summed E-state index contributed by atoms with van der Waals surface area (Å²) in [4.78, 5) is 40.0. The zero-order chi connectivity index (χ0) is 45.6. The van der Waals surface area contributed by atoms with E-state index >= 15 is 4.39 Å². The van der Waals surface area contributed by atoms with E-state index in [-0.39, 0.29) is 49.9 Å². The fourth-order valence-corrected chi connectivity index (χ4v) is 10.4. The Labute approximate surface area is 382 Å². The molecule has 3 N–H and O–H groups in total. The molecule has 3 fully saturated rings. The molecule has 342 valence electrons. The van der Waals surface area contributed by atoms with E-state index in [1.807, 2.05) is 23.1 Å². The first-order valence-corrected chi connectivity index (χ1v) is 23.9. The smallest absolute Gasteiger partial charge is 0.293 e. The fourth-order valence-electron chi connectivity index (χ4n) is 9.45. The van der Waals surface area contributed by atoms with E-state index in [4.69, 9.17) is 14.5 Å². The van der Waals surface area contributed by atoms with Gasteiger partial charge in [-0.25, -0.2) is 17.5 Å². The maximum atomic E-state index is 15.3. The first kappa shape index (κ1) is 43.3. The lowest BCUT2D eigenvalue weighted by Crippen LogP contribution is -2.47. The van der Waals surface area contributed by atoms with Crippen molar-refractivity contribution in [2.24, 2.45) is 0 Å². The van der Waals surface area contributed by atoms with Crippen LogP contribution in [0.1, 0.15) is 65.5 Å². The molecule has 4 aromatic carbocycles. The van der Waals surface area contributed by atoms with Crippen molar-refractivity contribution in [1.29, 1.82) is 0 Å². The number of nitrogens with one attached hydrogen (secondary N) is 3. The monoisotopic (exact) mass is 914 g/mol. The molecule has 4 aliphatic rings. The molecule has 17 heteroatoms. The van der Waals surface area contributed by atoms with Crippen LogP contribution < -0.4 is 24.6 Å². The second-order valence-electron chi connectivity index (χ2n) is 17.7. The molecule has 5 heterocycles. The molecule has 1 amide bonds. The second-order valence-corrected chi connectivity index (χ2v) is 19.4. The number of piperazine rings is 1. The van der Waals surface area contributed by atoms with Crippen molar-refractivity contribution in [2.75, 3.05) is 74.7 Å². The van der Waals surface area contributed by atoms with Crippen molar-refractivity contribution < 1.29 is 32.0 Å². The Morgan fingerprint density at radius 2 is 1.70 bits per heavy atom. The van der Waals surface area contributed by atoms with Gasteiger partial charge in [-0.2, -0.15) is 4.98 Å². The number of aromatic nitrogens is 2. The Balaban J connectivity index is 0.977. The summed E-state index contributed by atoms with van der Waals surface area (Å²) in [6.45, 7) is 3.75. The zero-order valence-corrected chi connectivity index (χ0v) is 37.4. The quantitative estimate of drug-likeness (QED) is 0.0790. The molecule has 0 bridgehead atoms. The molecular formula is C49H51FN8O7S. The first-order chi connectivity index (χ1) is 31.9. The molecule has 2 saturated heterocycles. The van der Waals surface area contributed by atoms with Crippen LogP contribution >= 0.6 is 0 Å². The predicted molar refractivity (Wildman–Crippen MR) is 251 cm³/mol. The van der Waals surface area contributed by atoms with Crippen LogP contribution in [0, 0.1) is 10.1 Å². The second kappa shape index (κ2) is 17.7. The molecule has 10 rings (SSSR count). The van der Waals surface area contributed by atoms with Crippen LogP contribution in [0.2, 0.25) is 0 Å². The number of pyridine rings is 1. The van der Waals surface area contributed by atoms with Crippen molar-refractivity contribution in [2.45, 2.75) is 54.6 Å². The predicted octanol–water partition coefficient (Wildman–Crippen LogP) is 8.48. The Kier molecular flexibility index (Phi) is 11.6. The van der Waals surface area contributed by atoms with Gasteiger partial charge in [0.25, 0.3) is 21.6 Å². The normalized spacial score (nSPS) is 18.8. The molecule has 6 aromatic rings. The highest BCUT2D eigenvalue weighted by Crippen LogP contribution is 2.45. The number of fused-ring (bicyclic) bond motifs is 2. The van der Waals surface area contributed by atoms with Gasteiger partial charge in [0.2, 0.25) is 5.88 Å². The van der Waals surface area contributed by atoms with Crippen LogP contribution in [0.5, 0.6) is 5.88 Å². The molecule has 2 aromatic heterocycles. The van der Waals surface area contributed by atoms with Gasteiger partial charge in [-0.1, -0.05) is 42.5 Å². The fraction of sp³-hybridized carbons (Fsp3) is 0.347. The number of sulfonamides is 1. The Morgan fingerprint density at radius 1 is 0.924 bits per heavy atom. The minimum absolute atomic E-state index is 0.0471. The lowest BCUT2D eigenvalue weighted by Gasteiger charge is -2.42. The minimum Gasteiger partial charge on any atom is -0.476 e. The lowest BCUT2D eigenvalue weighted by molar-refractivity contribution is -0.384. The number of nitro groups is 1. The van der Waals surface area contributed by atoms with E-state index in [2.05, 4.69) is 80.4 Å². The van der Waals surface area contributed by atoms with Crippen molar-refractivity contribution in [1.82, 2.24) is 19.6 Å². The van der Waals surface area contributed by atoms with Gasteiger partial charge >= 0.3 is 0 Å². The van der Waals surface area contributed by atoms with E-state index in [9.17, 15) is 23.3 Å². The van der Waals surface area contributed by atoms with Gasteiger partial charge in [0.05, 0.1) is 33.7 Å². The standard InChI is InChI=1S/C49H51FN8O7S/c1-55-22-23-56(45(30-55)39-6-3-2-5-38(39)33-7-8-33)36-12-9-32(10-13-36)34-11-15-40(42(27-34)57-21-4-24-65-48-44(57)28-35-17-20-51-46(35)53-48)47(59)54-66(62,63)37-14-16-41(43(29-37)58(60)61)52-31-49(50)18-25-64-26-19-49/h2-3,5-6,9-17,20,27-29,33,45,52H,4,7-8,18-19,21-26,30-31H2,1H3,(H,51,53)(H,54,59). The number of H-pyrrole nitrogens is 1. The van der Waals surface area contributed by atoms with Crippen LogP contribution in [0.15, 0.2) is 108 Å². The molecule has 0 radical (unpaired) electrons. The van der Waals surface area contributed by atoms with Gasteiger partial charge in [-0.15, -0.1) is 0 Å². The highest BCUT2D eigenvalue weighted by atomic mass is 32.2. The van der Waals surface area contributed by atoms with Crippen molar-refractivity contribution >= 4 is 55.4 Å². The molecule has 1 aliphatic carbocycles. The highest BCUT2D eigenvalue weighted by Gasteiger charge is 2.35. The van der Waals surface area contributed by atoms with Gasteiger partial charge in [0.15, 0.2) is 0 Å². The summed E-state index contributed by atoms with van der Waals surface area (Å²) >= 11 is 0. The molecule has 1 atom stereocenters. The molecule has 0 spiro atoms. The maximum absolute atomic E-state index is 15.3. The Bertz CT molecular complexity index is 2920. The van der Waals surface area contributed by atoms with Crippen LogP contribution in [-0.4, -0.2) is 99.4 Å². The number of anilines is 4. The average Bonchev–Trinajstić information content (AvgIpc) is 4.11. The van der Waals surface area contributed by atoms with Crippen molar-refractivity contribution in [3.05, 3.63) is 130 Å². The summed E-state index contributed by atoms with van der Waals surface area (Å²) in [7, 11) is -2.49. The number of carbonyl (C=O) groups is 1. The highest BCUT2D eigenvalue weighted by molar-refractivity contribution is 7.90. The number of hydrogen-bond acceptors (Lipinski definition) is 12. The number of amides is 1. The van der Waals surface area contributed by atoms with Gasteiger partial charge in [0.1, 0.15) is 22.7 Å². The SMILES string of the molecule is CN1CCN(c2ccc(-c3ccc(C(=O)NS(=O)(=O)c4ccc(NCC5(F)CCOCC5)c([N+](=O)[O-])c4)c(N4CCCOc5nc6[nH]ccc6cc54)c3)cc2)C(c2ccccc2C2CC2)C1. The Hall–Kier alpha value is -6.56. The van der Waals surface area contributed by atoms with Crippen LogP contribution in [0.3, 0.4) is 0 Å². The first-order valence-electron chi connectivity index (χ1n) is 22.5. The number of likely N-dealkylation sites (N-methyl/N-ethyl adjacent to an activating group) is 1. The third-order valence-electron chi connectivity index (χ3n) is 13.2. The summed E-state index contributed by atoms with van der Waals surface area (Å²) in [5.41, 5.74) is 5.07. The molecule has 15 nitrogen and oxygen atoms in total. The summed E-state index contributed by atoms with van der Waals surface area (Å²) in [5, 5.41) is 15.8. The topological polar surface area (TPSA) is 175 Å². The number of halogens is 1. The van der Waals surface area contributed by atoms with E-state index < -0.39 is 37.1 Å². The van der Waals surface area contributed by atoms with Gasteiger partial charge in [0, 0.05) is 82.1 Å². The van der Waals surface area contributed by atoms with Gasteiger partial charge in [-0.3, -0.25) is 14.9 Å². The molecule has 1 saturated carbocycles. The third-order valence-corrected chi connectivity index (χ3v) is 14.6. The van der Waals surface area contributed by atoms with Gasteiger partial charge in [-0.05, 0) is 103 Å². The summed E-state index contributed by atoms with van der Waals surface area (Å²) in [6.07, 6.45) is 5.05. The average molecular weight is 915 g/mol. The van der Waals surface area contributed by atoms with Crippen molar-refractivity contribution in [3.63, 3.8) is 0 Å². The molecule has 1 unspecified atom stereocenters. The molecule has 66 heavy (non-hydrogen) atoms. The largest absolute Gasteiger partial charge is 0.476 e. The van der Waals surface area contributed by atoms with Gasteiger partial charge < -0.3 is 34.5 Å². The number of ether oxygens (including phenoxy) is 2.